The van der Waals surface area contributed by atoms with E-state index in [0.29, 0.717) is 22.9 Å². The number of nitrogens with zero attached hydrogens (tertiary/aromatic N) is 1. The minimum atomic E-state index is -0.480. The molecule has 0 aromatic heterocycles. The van der Waals surface area contributed by atoms with Crippen molar-refractivity contribution in [1.29, 1.82) is 0 Å². The highest BCUT2D eigenvalue weighted by molar-refractivity contribution is 5.96. The largest absolute Gasteiger partial charge is 0.493 e. The number of amides is 1. The summed E-state index contributed by atoms with van der Waals surface area (Å²) in [6.45, 7) is 5.02. The molecule has 1 aliphatic rings. The van der Waals surface area contributed by atoms with Gasteiger partial charge in [-0.25, -0.2) is 0 Å². The van der Waals surface area contributed by atoms with Crippen LogP contribution in [-0.2, 0) is 9.53 Å². The van der Waals surface area contributed by atoms with E-state index in [-0.39, 0.29) is 5.91 Å². The molecule has 0 radical (unpaired) electrons. The first-order valence-electron chi connectivity index (χ1n) is 9.86. The van der Waals surface area contributed by atoms with Crippen molar-refractivity contribution >= 4 is 23.0 Å². The summed E-state index contributed by atoms with van der Waals surface area (Å²) in [7, 11) is 4.66. The zero-order valence-electron chi connectivity index (χ0n) is 17.9. The van der Waals surface area contributed by atoms with Gasteiger partial charge in [-0.2, -0.15) is 0 Å². The van der Waals surface area contributed by atoms with E-state index in [2.05, 4.69) is 15.5 Å². The Balaban J connectivity index is 1.63. The van der Waals surface area contributed by atoms with Gasteiger partial charge in [0.05, 0.1) is 34.5 Å². The first-order chi connectivity index (χ1) is 14.5. The second-order valence-electron chi connectivity index (χ2n) is 6.92. The number of carbonyl (C=O) groups excluding carboxylic acids is 1. The monoisotopic (exact) mass is 415 g/mol. The average Bonchev–Trinajstić information content (AvgIpc) is 2.79. The topological polar surface area (TPSA) is 81.3 Å². The third kappa shape index (κ3) is 5.07. The van der Waals surface area contributed by atoms with Crippen molar-refractivity contribution in [1.82, 2.24) is 0 Å². The van der Waals surface area contributed by atoms with Crippen LogP contribution in [0, 0.1) is 0 Å². The molecule has 8 nitrogen and oxygen atoms in total. The molecule has 8 heteroatoms. The van der Waals surface area contributed by atoms with Crippen LogP contribution in [0.1, 0.15) is 6.92 Å². The molecule has 1 fully saturated rings. The summed E-state index contributed by atoms with van der Waals surface area (Å²) in [5.74, 6) is 1.39. The van der Waals surface area contributed by atoms with Gasteiger partial charge in [0, 0.05) is 42.3 Å². The van der Waals surface area contributed by atoms with E-state index in [0.717, 1.165) is 37.7 Å². The Bertz CT molecular complexity index is 825. The van der Waals surface area contributed by atoms with Crippen LogP contribution < -0.4 is 29.7 Å². The fourth-order valence-electron chi connectivity index (χ4n) is 3.31. The quantitative estimate of drug-likeness (QED) is 0.686. The fraction of sp³-hybridized carbons (Fsp3) is 0.409. The van der Waals surface area contributed by atoms with E-state index in [1.807, 2.05) is 24.3 Å². The molecule has 2 N–H and O–H groups in total. The molecule has 1 amide bonds. The van der Waals surface area contributed by atoms with Gasteiger partial charge in [-0.3, -0.25) is 4.79 Å². The number of ether oxygens (including phenoxy) is 4. The number of anilines is 3. The number of carbonyl (C=O) groups is 1. The Morgan fingerprint density at radius 2 is 1.57 bits per heavy atom. The average molecular weight is 415 g/mol. The maximum atomic E-state index is 12.6. The van der Waals surface area contributed by atoms with Gasteiger partial charge >= 0.3 is 0 Å². The second-order valence-corrected chi connectivity index (χ2v) is 6.92. The lowest BCUT2D eigenvalue weighted by Crippen LogP contribution is -2.36. The van der Waals surface area contributed by atoms with Crippen LogP contribution in [-0.4, -0.2) is 59.6 Å². The first kappa shape index (κ1) is 21.6. The van der Waals surface area contributed by atoms with E-state index in [1.54, 1.807) is 40.4 Å². The van der Waals surface area contributed by atoms with Gasteiger partial charge in [0.1, 0.15) is 6.04 Å². The van der Waals surface area contributed by atoms with Gasteiger partial charge in [0.15, 0.2) is 11.5 Å². The van der Waals surface area contributed by atoms with Crippen molar-refractivity contribution in [3.8, 4) is 17.2 Å². The number of rotatable bonds is 8. The number of hydrogen-bond donors (Lipinski definition) is 2. The number of hydrogen-bond acceptors (Lipinski definition) is 7. The summed E-state index contributed by atoms with van der Waals surface area (Å²) in [4.78, 5) is 14.9. The predicted molar refractivity (Wildman–Crippen MR) is 117 cm³/mol. The molecule has 162 valence electrons. The van der Waals surface area contributed by atoms with Crippen molar-refractivity contribution < 1.29 is 23.7 Å². The maximum Gasteiger partial charge on any atom is 0.246 e. The molecular formula is C22H29N3O5. The standard InChI is InChI=1S/C22H29N3O5/c1-15(23-17-13-19(27-2)21(29-4)20(14-17)28-3)22(26)24-16-5-7-18(8-6-16)25-9-11-30-12-10-25/h5-8,13-15,23H,9-12H2,1-4H3,(H,24,26)/t15-/m0/s1. The molecule has 2 aromatic carbocycles. The van der Waals surface area contributed by atoms with Crippen molar-refractivity contribution in [3.63, 3.8) is 0 Å². The fourth-order valence-corrected chi connectivity index (χ4v) is 3.31. The van der Waals surface area contributed by atoms with Gasteiger partial charge in [0.2, 0.25) is 11.7 Å². The Labute approximate surface area is 177 Å². The molecule has 0 saturated carbocycles. The van der Waals surface area contributed by atoms with Gasteiger partial charge < -0.3 is 34.5 Å². The highest BCUT2D eigenvalue weighted by Crippen LogP contribution is 2.40. The van der Waals surface area contributed by atoms with Crippen LogP contribution in [0.15, 0.2) is 36.4 Å². The number of methoxy groups -OCH3 is 3. The molecule has 0 unspecified atom stereocenters. The predicted octanol–water partition coefficient (Wildman–Crippen LogP) is 2.99. The normalized spacial score (nSPS) is 14.6. The summed E-state index contributed by atoms with van der Waals surface area (Å²) in [6, 6.07) is 10.9. The Kier molecular flexibility index (Phi) is 7.24. The molecular weight excluding hydrogens is 386 g/mol. The Hall–Kier alpha value is -3.13. The molecule has 30 heavy (non-hydrogen) atoms. The minimum absolute atomic E-state index is 0.150. The maximum absolute atomic E-state index is 12.6. The Morgan fingerprint density at radius 3 is 2.10 bits per heavy atom. The molecule has 1 aliphatic heterocycles. The second kappa shape index (κ2) is 10.1. The Morgan fingerprint density at radius 1 is 0.967 bits per heavy atom. The van der Waals surface area contributed by atoms with Crippen LogP contribution >= 0.6 is 0 Å². The van der Waals surface area contributed by atoms with Crippen molar-refractivity contribution in [2.45, 2.75) is 13.0 Å². The van der Waals surface area contributed by atoms with E-state index in [1.165, 1.54) is 0 Å². The molecule has 1 heterocycles. The molecule has 0 aliphatic carbocycles. The summed E-state index contributed by atoms with van der Waals surface area (Å²) in [5.41, 5.74) is 2.56. The van der Waals surface area contributed by atoms with Gasteiger partial charge in [-0.05, 0) is 31.2 Å². The molecule has 0 bridgehead atoms. The molecule has 3 rings (SSSR count). The van der Waals surface area contributed by atoms with E-state index < -0.39 is 6.04 Å². The highest BCUT2D eigenvalue weighted by atomic mass is 16.5. The van der Waals surface area contributed by atoms with Gasteiger partial charge in [-0.15, -0.1) is 0 Å². The molecule has 2 aromatic rings. The minimum Gasteiger partial charge on any atom is -0.493 e. The van der Waals surface area contributed by atoms with Crippen molar-refractivity contribution in [2.24, 2.45) is 0 Å². The van der Waals surface area contributed by atoms with Crippen LogP contribution in [0.2, 0.25) is 0 Å². The van der Waals surface area contributed by atoms with Crippen LogP contribution in [0.3, 0.4) is 0 Å². The van der Waals surface area contributed by atoms with Crippen molar-refractivity contribution in [2.75, 3.05) is 63.2 Å². The third-order valence-electron chi connectivity index (χ3n) is 4.95. The summed E-state index contributed by atoms with van der Waals surface area (Å²) in [5, 5.41) is 6.12. The first-order valence-corrected chi connectivity index (χ1v) is 9.86. The van der Waals surface area contributed by atoms with E-state index >= 15 is 0 Å². The molecule has 1 saturated heterocycles. The van der Waals surface area contributed by atoms with Crippen LogP contribution in [0.25, 0.3) is 0 Å². The number of nitrogens with one attached hydrogen (secondary N) is 2. The molecule has 0 spiro atoms. The summed E-state index contributed by atoms with van der Waals surface area (Å²) < 4.78 is 21.4. The number of benzene rings is 2. The van der Waals surface area contributed by atoms with E-state index in [9.17, 15) is 4.79 Å². The lowest BCUT2D eigenvalue weighted by atomic mass is 10.2. The SMILES string of the molecule is COc1cc(N[C@@H](C)C(=O)Nc2ccc(N3CCOCC3)cc2)cc(OC)c1OC. The highest BCUT2D eigenvalue weighted by Gasteiger charge is 2.18. The summed E-state index contributed by atoms with van der Waals surface area (Å²) >= 11 is 0. The zero-order valence-corrected chi connectivity index (χ0v) is 17.9. The number of morpholine rings is 1. The smallest absolute Gasteiger partial charge is 0.246 e. The van der Waals surface area contributed by atoms with Gasteiger partial charge in [0.25, 0.3) is 0 Å². The lowest BCUT2D eigenvalue weighted by Gasteiger charge is -2.29. The lowest BCUT2D eigenvalue weighted by molar-refractivity contribution is -0.116. The zero-order chi connectivity index (χ0) is 21.5. The third-order valence-corrected chi connectivity index (χ3v) is 4.95. The van der Waals surface area contributed by atoms with Crippen LogP contribution in [0.5, 0.6) is 17.2 Å². The van der Waals surface area contributed by atoms with E-state index in [4.69, 9.17) is 18.9 Å². The van der Waals surface area contributed by atoms with Crippen molar-refractivity contribution in [3.05, 3.63) is 36.4 Å². The molecule has 1 atom stereocenters. The van der Waals surface area contributed by atoms with Gasteiger partial charge in [-0.1, -0.05) is 0 Å². The van der Waals surface area contributed by atoms with Crippen LogP contribution in [0.4, 0.5) is 17.1 Å². The summed E-state index contributed by atoms with van der Waals surface area (Å²) in [6.07, 6.45) is 0.